The molecule has 0 radical (unpaired) electrons. The highest BCUT2D eigenvalue weighted by Crippen LogP contribution is 2.26. The van der Waals surface area contributed by atoms with Crippen molar-refractivity contribution < 1.29 is 9.90 Å². The monoisotopic (exact) mass is 304 g/mol. The van der Waals surface area contributed by atoms with Gasteiger partial charge in [-0.2, -0.15) is 0 Å². The van der Waals surface area contributed by atoms with Gasteiger partial charge < -0.3 is 10.4 Å². The quantitative estimate of drug-likeness (QED) is 0.911. The Labute approximate surface area is 128 Å². The molecular weight excluding hydrogens is 284 g/mol. The first kappa shape index (κ1) is 14.3. The lowest BCUT2D eigenvalue weighted by Crippen LogP contribution is -2.33. The Morgan fingerprint density at radius 3 is 2.95 bits per heavy atom. The fraction of sp³-hybridized carbons (Fsp3) is 0.500. The van der Waals surface area contributed by atoms with Gasteiger partial charge in [0.2, 0.25) is 5.91 Å². The Morgan fingerprint density at radius 1 is 1.33 bits per heavy atom. The van der Waals surface area contributed by atoms with Crippen LogP contribution in [-0.4, -0.2) is 22.5 Å². The summed E-state index contributed by atoms with van der Waals surface area (Å²) in [5.41, 5.74) is 0.909. The molecule has 4 nitrogen and oxygen atoms in total. The van der Waals surface area contributed by atoms with E-state index in [1.807, 2.05) is 6.07 Å². The standard InChI is InChI=1S/C16H20N2O2S/c19-12-6-7-13-14(10-12)21-15(18-13)8-9-17-16(20)11-4-2-1-3-5-11/h6-7,10-11,19H,1-5,8-9H2,(H,17,20). The molecule has 21 heavy (non-hydrogen) atoms. The minimum atomic E-state index is 0.202. The van der Waals surface area contributed by atoms with Crippen molar-refractivity contribution in [2.75, 3.05) is 6.54 Å². The highest BCUT2D eigenvalue weighted by molar-refractivity contribution is 7.18. The average Bonchev–Trinajstić information content (AvgIpc) is 2.89. The lowest BCUT2D eigenvalue weighted by Gasteiger charge is -2.20. The molecule has 1 aromatic carbocycles. The molecule has 0 saturated heterocycles. The van der Waals surface area contributed by atoms with Crippen molar-refractivity contribution in [1.29, 1.82) is 0 Å². The number of nitrogens with one attached hydrogen (secondary N) is 1. The molecule has 1 heterocycles. The molecule has 1 amide bonds. The van der Waals surface area contributed by atoms with Crippen LogP contribution in [0.3, 0.4) is 0 Å². The molecule has 1 aliphatic carbocycles. The average molecular weight is 304 g/mol. The highest BCUT2D eigenvalue weighted by atomic mass is 32.1. The molecule has 1 aliphatic rings. The third-order valence-corrected chi connectivity index (χ3v) is 5.11. The van der Waals surface area contributed by atoms with E-state index in [-0.39, 0.29) is 17.6 Å². The van der Waals surface area contributed by atoms with Crippen molar-refractivity contribution in [3.63, 3.8) is 0 Å². The lowest BCUT2D eigenvalue weighted by atomic mass is 9.89. The van der Waals surface area contributed by atoms with Crippen LogP contribution >= 0.6 is 11.3 Å². The molecule has 2 aromatic rings. The number of benzene rings is 1. The van der Waals surface area contributed by atoms with Crippen molar-refractivity contribution in [2.24, 2.45) is 5.92 Å². The van der Waals surface area contributed by atoms with Crippen LogP contribution in [0.5, 0.6) is 5.75 Å². The van der Waals surface area contributed by atoms with Crippen molar-refractivity contribution in [3.8, 4) is 5.75 Å². The summed E-state index contributed by atoms with van der Waals surface area (Å²) in [5.74, 6) is 0.683. The predicted octanol–water partition coefficient (Wildman–Crippen LogP) is 3.24. The number of amides is 1. The first-order chi connectivity index (χ1) is 10.2. The highest BCUT2D eigenvalue weighted by Gasteiger charge is 2.20. The fourth-order valence-corrected chi connectivity index (χ4v) is 3.87. The van der Waals surface area contributed by atoms with Gasteiger partial charge in [-0.15, -0.1) is 11.3 Å². The van der Waals surface area contributed by atoms with Crippen LogP contribution in [0.1, 0.15) is 37.1 Å². The second kappa shape index (κ2) is 6.43. The number of nitrogens with zero attached hydrogens (tertiary/aromatic N) is 1. The molecule has 1 aromatic heterocycles. The smallest absolute Gasteiger partial charge is 0.223 e. The summed E-state index contributed by atoms with van der Waals surface area (Å²) in [5, 5.41) is 13.5. The number of phenols is 1. The van der Waals surface area contributed by atoms with Crippen molar-refractivity contribution in [3.05, 3.63) is 23.2 Å². The second-order valence-corrected chi connectivity index (χ2v) is 6.75. The molecule has 0 atom stereocenters. The van der Waals surface area contributed by atoms with E-state index < -0.39 is 0 Å². The van der Waals surface area contributed by atoms with Crippen LogP contribution in [0.15, 0.2) is 18.2 Å². The number of aromatic nitrogens is 1. The van der Waals surface area contributed by atoms with Gasteiger partial charge in [0.25, 0.3) is 0 Å². The SMILES string of the molecule is O=C(NCCc1nc2ccc(O)cc2s1)C1CCCCC1. The van der Waals surface area contributed by atoms with Gasteiger partial charge >= 0.3 is 0 Å². The summed E-state index contributed by atoms with van der Waals surface area (Å²) in [7, 11) is 0. The summed E-state index contributed by atoms with van der Waals surface area (Å²) in [6.07, 6.45) is 6.44. The number of aromatic hydroxyl groups is 1. The van der Waals surface area contributed by atoms with Crippen LogP contribution in [0, 0.1) is 5.92 Å². The van der Waals surface area contributed by atoms with Gasteiger partial charge in [-0.25, -0.2) is 4.98 Å². The summed E-state index contributed by atoms with van der Waals surface area (Å²) in [6, 6.07) is 5.21. The Kier molecular flexibility index (Phi) is 4.39. The Hall–Kier alpha value is -1.62. The van der Waals surface area contributed by atoms with Crippen LogP contribution in [0.2, 0.25) is 0 Å². The van der Waals surface area contributed by atoms with Crippen LogP contribution in [-0.2, 0) is 11.2 Å². The largest absolute Gasteiger partial charge is 0.508 e. The minimum absolute atomic E-state index is 0.202. The third kappa shape index (κ3) is 3.53. The van der Waals surface area contributed by atoms with Crippen molar-refractivity contribution >= 4 is 27.5 Å². The zero-order valence-electron chi connectivity index (χ0n) is 12.0. The number of carbonyl (C=O) groups is 1. The number of carbonyl (C=O) groups excluding carboxylic acids is 1. The zero-order valence-corrected chi connectivity index (χ0v) is 12.8. The lowest BCUT2D eigenvalue weighted by molar-refractivity contribution is -0.125. The first-order valence-corrected chi connectivity index (χ1v) is 8.40. The molecule has 2 N–H and O–H groups in total. The third-order valence-electron chi connectivity index (χ3n) is 4.03. The summed E-state index contributed by atoms with van der Waals surface area (Å²) in [6.45, 7) is 0.640. The number of hydrogen-bond acceptors (Lipinski definition) is 4. The van der Waals surface area contributed by atoms with Crippen LogP contribution in [0.25, 0.3) is 10.2 Å². The minimum Gasteiger partial charge on any atom is -0.508 e. The van der Waals surface area contributed by atoms with Gasteiger partial charge in [-0.3, -0.25) is 4.79 Å². The molecule has 3 rings (SSSR count). The second-order valence-electron chi connectivity index (χ2n) is 5.64. The van der Waals surface area contributed by atoms with E-state index in [0.29, 0.717) is 6.54 Å². The molecule has 1 fully saturated rings. The Bertz CT molecular complexity index is 632. The van der Waals surface area contributed by atoms with Gasteiger partial charge in [0, 0.05) is 18.9 Å². The predicted molar refractivity (Wildman–Crippen MR) is 84.6 cm³/mol. The number of hydrogen-bond donors (Lipinski definition) is 2. The summed E-state index contributed by atoms with van der Waals surface area (Å²) in [4.78, 5) is 16.6. The zero-order chi connectivity index (χ0) is 14.7. The molecule has 112 valence electrons. The Morgan fingerprint density at radius 2 is 2.14 bits per heavy atom. The van der Waals surface area contributed by atoms with E-state index in [2.05, 4.69) is 10.3 Å². The van der Waals surface area contributed by atoms with Crippen LogP contribution < -0.4 is 5.32 Å². The maximum atomic E-state index is 12.0. The molecule has 0 unspecified atom stereocenters. The number of rotatable bonds is 4. The first-order valence-electron chi connectivity index (χ1n) is 7.58. The van der Waals surface area contributed by atoms with E-state index in [4.69, 9.17) is 0 Å². The summed E-state index contributed by atoms with van der Waals surface area (Å²) >= 11 is 1.58. The van der Waals surface area contributed by atoms with Crippen molar-refractivity contribution in [2.45, 2.75) is 38.5 Å². The van der Waals surface area contributed by atoms with Gasteiger partial charge in [-0.05, 0) is 31.0 Å². The topological polar surface area (TPSA) is 62.2 Å². The number of fused-ring (bicyclic) bond motifs is 1. The van der Waals surface area contributed by atoms with E-state index in [0.717, 1.165) is 34.5 Å². The molecule has 1 saturated carbocycles. The van der Waals surface area contributed by atoms with E-state index in [1.165, 1.54) is 19.3 Å². The normalized spacial score (nSPS) is 16.2. The van der Waals surface area contributed by atoms with Gasteiger partial charge in [0.1, 0.15) is 5.75 Å². The number of phenolic OH excluding ortho intramolecular Hbond substituents is 1. The maximum Gasteiger partial charge on any atom is 0.223 e. The molecule has 0 bridgehead atoms. The molecular formula is C16H20N2O2S. The number of thiazole rings is 1. The van der Waals surface area contributed by atoms with Crippen LogP contribution in [0.4, 0.5) is 0 Å². The van der Waals surface area contributed by atoms with E-state index in [1.54, 1.807) is 23.5 Å². The molecule has 0 aliphatic heterocycles. The summed E-state index contributed by atoms with van der Waals surface area (Å²) < 4.78 is 0.989. The van der Waals surface area contributed by atoms with E-state index in [9.17, 15) is 9.90 Å². The molecule has 5 heteroatoms. The maximum absolute atomic E-state index is 12.0. The fourth-order valence-electron chi connectivity index (χ4n) is 2.87. The van der Waals surface area contributed by atoms with Gasteiger partial charge in [0.05, 0.1) is 15.2 Å². The van der Waals surface area contributed by atoms with Crippen molar-refractivity contribution in [1.82, 2.24) is 10.3 Å². The van der Waals surface area contributed by atoms with Gasteiger partial charge in [0.15, 0.2) is 0 Å². The Balaban J connectivity index is 1.53. The molecule has 0 spiro atoms. The van der Waals surface area contributed by atoms with E-state index >= 15 is 0 Å². The van der Waals surface area contributed by atoms with Gasteiger partial charge in [-0.1, -0.05) is 19.3 Å².